The van der Waals surface area contributed by atoms with Crippen molar-refractivity contribution in [3.63, 3.8) is 0 Å². The number of carbonyl (C=O) groups is 1. The van der Waals surface area contributed by atoms with E-state index in [9.17, 15) is 9.90 Å². The topological polar surface area (TPSA) is 46.5 Å². The van der Waals surface area contributed by atoms with Gasteiger partial charge in [0.2, 0.25) is 0 Å². The van der Waals surface area contributed by atoms with Crippen molar-refractivity contribution in [2.75, 3.05) is 0 Å². The Balaban J connectivity index is 2.42. The standard InChI is InChI=1S/C41H64O3/c1-8-12-16-18-20-31(5)24-25-34(23-19-17-13-9-2)41(43)44-40-36(22-15-11-4)27-33(7)29-38(40)30-37-28-32(6)26-35(39(37)42)21-14-10-3/h24-29,31,34,42H,8-23,30H2,1-7H3. The van der Waals surface area contributed by atoms with Crippen molar-refractivity contribution in [2.24, 2.45) is 11.8 Å². The summed E-state index contributed by atoms with van der Waals surface area (Å²) in [5.74, 6) is 1.17. The molecule has 3 nitrogen and oxygen atoms in total. The molecular weight excluding hydrogens is 540 g/mol. The number of esters is 1. The van der Waals surface area contributed by atoms with Crippen LogP contribution in [-0.2, 0) is 24.1 Å². The molecule has 0 fully saturated rings. The van der Waals surface area contributed by atoms with Crippen LogP contribution < -0.4 is 4.74 Å². The van der Waals surface area contributed by atoms with Gasteiger partial charge < -0.3 is 9.84 Å². The summed E-state index contributed by atoms with van der Waals surface area (Å²) in [6.07, 6.45) is 22.6. The van der Waals surface area contributed by atoms with Gasteiger partial charge in [-0.3, -0.25) is 4.79 Å². The van der Waals surface area contributed by atoms with Crippen molar-refractivity contribution in [1.82, 2.24) is 0 Å². The number of phenolic OH excluding ortho intramolecular Hbond substituents is 1. The normalized spacial score (nSPS) is 13.0. The first kappa shape index (κ1) is 37.6. The first-order valence-corrected chi connectivity index (χ1v) is 18.1. The lowest BCUT2D eigenvalue weighted by atomic mass is 9.93. The van der Waals surface area contributed by atoms with Gasteiger partial charge in [0.05, 0.1) is 5.92 Å². The zero-order chi connectivity index (χ0) is 32.3. The van der Waals surface area contributed by atoms with E-state index in [1.165, 1.54) is 38.5 Å². The van der Waals surface area contributed by atoms with Crippen molar-refractivity contribution in [3.05, 3.63) is 69.8 Å². The van der Waals surface area contributed by atoms with Gasteiger partial charge in [0.25, 0.3) is 0 Å². The van der Waals surface area contributed by atoms with E-state index in [1.54, 1.807) is 0 Å². The molecule has 0 heterocycles. The average molecular weight is 605 g/mol. The van der Waals surface area contributed by atoms with Crippen LogP contribution in [0.1, 0.15) is 158 Å². The summed E-state index contributed by atoms with van der Waals surface area (Å²) in [4.78, 5) is 14.0. The smallest absolute Gasteiger partial charge is 0.318 e. The van der Waals surface area contributed by atoms with Crippen LogP contribution in [0.4, 0.5) is 0 Å². The SMILES string of the molecule is CCCCCCC(C)C=CC(CCCCCC)C(=O)Oc1c(CCCC)cc(C)cc1Cc1cc(C)cc(CCCC)c1O. The molecule has 0 aromatic heterocycles. The number of aryl methyl sites for hydroxylation is 4. The van der Waals surface area contributed by atoms with E-state index in [0.717, 1.165) is 97.6 Å². The zero-order valence-electron chi connectivity index (χ0n) is 29.4. The molecule has 0 bridgehead atoms. The molecule has 2 unspecified atom stereocenters. The van der Waals surface area contributed by atoms with Gasteiger partial charge in [0.15, 0.2) is 0 Å². The molecule has 2 aromatic rings. The lowest BCUT2D eigenvalue weighted by Crippen LogP contribution is -2.21. The third kappa shape index (κ3) is 13.2. The first-order chi connectivity index (χ1) is 21.2. The molecule has 1 N–H and O–H groups in total. The predicted octanol–water partition coefficient (Wildman–Crippen LogP) is 11.9. The number of benzene rings is 2. The summed E-state index contributed by atoms with van der Waals surface area (Å²) in [7, 11) is 0. The van der Waals surface area contributed by atoms with E-state index >= 15 is 0 Å². The molecule has 2 rings (SSSR count). The van der Waals surface area contributed by atoms with E-state index in [4.69, 9.17) is 4.74 Å². The Bertz CT molecular complexity index is 1150. The third-order valence-electron chi connectivity index (χ3n) is 8.84. The Morgan fingerprint density at radius 1 is 0.682 bits per heavy atom. The molecule has 0 aliphatic rings. The monoisotopic (exact) mass is 604 g/mol. The van der Waals surface area contributed by atoms with Gasteiger partial charge in [0, 0.05) is 6.42 Å². The molecule has 0 radical (unpaired) electrons. The van der Waals surface area contributed by atoms with Crippen LogP contribution in [0.2, 0.25) is 0 Å². The van der Waals surface area contributed by atoms with Gasteiger partial charge in [-0.15, -0.1) is 0 Å². The lowest BCUT2D eigenvalue weighted by Gasteiger charge is -2.20. The van der Waals surface area contributed by atoms with Crippen molar-refractivity contribution in [2.45, 2.75) is 158 Å². The van der Waals surface area contributed by atoms with Crippen LogP contribution >= 0.6 is 0 Å². The molecule has 3 heteroatoms. The highest BCUT2D eigenvalue weighted by atomic mass is 16.5. The fraction of sp³-hybridized carbons (Fsp3) is 0.634. The van der Waals surface area contributed by atoms with Crippen molar-refractivity contribution < 1.29 is 14.6 Å². The Morgan fingerprint density at radius 2 is 1.20 bits per heavy atom. The van der Waals surface area contributed by atoms with Crippen LogP contribution in [0, 0.1) is 25.7 Å². The highest BCUT2D eigenvalue weighted by molar-refractivity contribution is 5.78. The van der Waals surface area contributed by atoms with Crippen molar-refractivity contribution in [3.8, 4) is 11.5 Å². The second kappa shape index (κ2) is 21.2. The number of hydrogen-bond acceptors (Lipinski definition) is 3. The Hall–Kier alpha value is -2.55. The van der Waals surface area contributed by atoms with Gasteiger partial charge in [-0.25, -0.2) is 0 Å². The minimum absolute atomic E-state index is 0.143. The number of hydrogen-bond donors (Lipinski definition) is 1. The minimum atomic E-state index is -0.244. The predicted molar refractivity (Wildman–Crippen MR) is 189 cm³/mol. The maximum atomic E-state index is 14.0. The molecule has 0 spiro atoms. The average Bonchev–Trinajstić information content (AvgIpc) is 3.00. The molecule has 2 atom stereocenters. The maximum Gasteiger partial charge on any atom is 0.318 e. The van der Waals surface area contributed by atoms with Crippen molar-refractivity contribution in [1.29, 1.82) is 0 Å². The van der Waals surface area contributed by atoms with E-state index in [-0.39, 0.29) is 11.9 Å². The lowest BCUT2D eigenvalue weighted by molar-refractivity contribution is -0.137. The van der Waals surface area contributed by atoms with Gasteiger partial charge in [-0.1, -0.05) is 146 Å². The second-order valence-electron chi connectivity index (χ2n) is 13.3. The molecule has 0 saturated heterocycles. The summed E-state index contributed by atoms with van der Waals surface area (Å²) in [6.45, 7) is 15.3. The summed E-state index contributed by atoms with van der Waals surface area (Å²) in [6, 6.07) is 8.54. The van der Waals surface area contributed by atoms with Crippen molar-refractivity contribution >= 4 is 5.97 Å². The fourth-order valence-electron chi connectivity index (χ4n) is 6.15. The van der Waals surface area contributed by atoms with Crippen LogP contribution in [-0.4, -0.2) is 11.1 Å². The third-order valence-corrected chi connectivity index (χ3v) is 8.84. The van der Waals surface area contributed by atoms with Gasteiger partial charge in [0.1, 0.15) is 11.5 Å². The number of phenols is 1. The molecule has 246 valence electrons. The number of unbranched alkanes of at least 4 members (excludes halogenated alkanes) is 8. The maximum absolute atomic E-state index is 14.0. The highest BCUT2D eigenvalue weighted by Crippen LogP contribution is 2.35. The molecular formula is C41H64O3. The first-order valence-electron chi connectivity index (χ1n) is 18.1. The molecule has 44 heavy (non-hydrogen) atoms. The van der Waals surface area contributed by atoms with E-state index < -0.39 is 0 Å². The number of rotatable bonds is 22. The number of carbonyl (C=O) groups excluding carboxylic acids is 1. The number of aromatic hydroxyl groups is 1. The number of allylic oxidation sites excluding steroid dienone is 1. The zero-order valence-corrected chi connectivity index (χ0v) is 29.4. The molecule has 0 amide bonds. The van der Waals surface area contributed by atoms with Gasteiger partial charge >= 0.3 is 5.97 Å². The van der Waals surface area contributed by atoms with Crippen LogP contribution in [0.5, 0.6) is 11.5 Å². The molecule has 2 aromatic carbocycles. The Kier molecular flexibility index (Phi) is 18.2. The summed E-state index contributed by atoms with van der Waals surface area (Å²) < 4.78 is 6.46. The summed E-state index contributed by atoms with van der Waals surface area (Å²) in [5, 5.41) is 11.3. The largest absolute Gasteiger partial charge is 0.507 e. The quantitative estimate of drug-likeness (QED) is 0.0629. The van der Waals surface area contributed by atoms with E-state index in [1.807, 2.05) is 0 Å². The Morgan fingerprint density at radius 3 is 1.82 bits per heavy atom. The molecule has 0 aliphatic heterocycles. The van der Waals surface area contributed by atoms with Gasteiger partial charge in [-0.05, 0) is 80.5 Å². The van der Waals surface area contributed by atoms with Gasteiger partial charge in [-0.2, -0.15) is 0 Å². The highest BCUT2D eigenvalue weighted by Gasteiger charge is 2.23. The second-order valence-corrected chi connectivity index (χ2v) is 13.3. The molecule has 0 aliphatic carbocycles. The molecule has 0 saturated carbocycles. The summed E-state index contributed by atoms with van der Waals surface area (Å²) in [5.41, 5.74) is 6.34. The van der Waals surface area contributed by atoms with E-state index in [0.29, 0.717) is 23.8 Å². The van der Waals surface area contributed by atoms with Crippen LogP contribution in [0.15, 0.2) is 36.4 Å². The fourth-order valence-corrected chi connectivity index (χ4v) is 6.15. The Labute approximate surface area is 270 Å². The van der Waals surface area contributed by atoms with E-state index in [2.05, 4.69) is 84.9 Å². The van der Waals surface area contributed by atoms with Crippen LogP contribution in [0.3, 0.4) is 0 Å². The minimum Gasteiger partial charge on any atom is -0.507 e. The summed E-state index contributed by atoms with van der Waals surface area (Å²) >= 11 is 0. The number of ether oxygens (including phenoxy) is 1. The van der Waals surface area contributed by atoms with Crippen LogP contribution in [0.25, 0.3) is 0 Å².